The van der Waals surface area contributed by atoms with Crippen molar-refractivity contribution in [2.75, 3.05) is 37.0 Å². The number of carbonyl (C=O) groups is 1. The molecule has 9 nitrogen and oxygen atoms in total. The molecule has 1 spiro atoms. The number of hydrogen-bond acceptors (Lipinski definition) is 7. The molecule has 1 aromatic carbocycles. The van der Waals surface area contributed by atoms with Crippen molar-refractivity contribution >= 4 is 17.5 Å². The largest absolute Gasteiger partial charge is 0.497 e. The molecule has 184 valence electrons. The molecular weight excluding hydrogens is 463 g/mol. The van der Waals surface area contributed by atoms with Crippen LogP contribution in [-0.2, 0) is 23.3 Å². The van der Waals surface area contributed by atoms with Crippen LogP contribution in [0.15, 0.2) is 42.7 Å². The molecule has 0 bridgehead atoms. The lowest BCUT2D eigenvalue weighted by Crippen LogP contribution is -2.53. The number of benzene rings is 1. The number of aromatic amines is 1. The number of ether oxygens (including phenoxy) is 1. The number of aromatic nitrogens is 4. The van der Waals surface area contributed by atoms with Gasteiger partial charge < -0.3 is 15.0 Å². The molecular formula is C23H24F3N7O2. The molecule has 12 heteroatoms. The van der Waals surface area contributed by atoms with Crippen molar-refractivity contribution < 1.29 is 22.7 Å². The van der Waals surface area contributed by atoms with Gasteiger partial charge in [-0.3, -0.25) is 14.8 Å². The van der Waals surface area contributed by atoms with Gasteiger partial charge in [-0.2, -0.15) is 18.3 Å². The lowest BCUT2D eigenvalue weighted by molar-refractivity contribution is -0.124. The smallest absolute Gasteiger partial charge is 0.405 e. The third kappa shape index (κ3) is 4.53. The average Bonchev–Trinajstić information content (AvgIpc) is 3.51. The maximum absolute atomic E-state index is 14.0. The van der Waals surface area contributed by atoms with Crippen LogP contribution in [0.4, 0.5) is 24.8 Å². The predicted molar refractivity (Wildman–Crippen MR) is 121 cm³/mol. The molecule has 0 aliphatic carbocycles. The summed E-state index contributed by atoms with van der Waals surface area (Å²) in [5.41, 5.74) is 1.72. The van der Waals surface area contributed by atoms with Crippen LogP contribution in [0.1, 0.15) is 23.4 Å². The van der Waals surface area contributed by atoms with Gasteiger partial charge in [0.1, 0.15) is 17.7 Å². The molecule has 2 aliphatic rings. The third-order valence-electron chi connectivity index (χ3n) is 6.42. The molecule has 1 saturated heterocycles. The van der Waals surface area contributed by atoms with Crippen molar-refractivity contribution in [1.29, 1.82) is 0 Å². The Morgan fingerprint density at radius 2 is 2.03 bits per heavy atom. The highest BCUT2D eigenvalue weighted by Crippen LogP contribution is 2.43. The van der Waals surface area contributed by atoms with Crippen LogP contribution in [0.3, 0.4) is 0 Å². The molecule has 1 amide bonds. The number of rotatable bonds is 6. The van der Waals surface area contributed by atoms with Crippen molar-refractivity contribution in [3.8, 4) is 5.75 Å². The molecule has 0 saturated carbocycles. The van der Waals surface area contributed by atoms with Crippen LogP contribution in [0.5, 0.6) is 5.75 Å². The fourth-order valence-electron chi connectivity index (χ4n) is 4.77. The minimum atomic E-state index is -4.41. The van der Waals surface area contributed by atoms with E-state index in [1.807, 2.05) is 18.2 Å². The topological polar surface area (TPSA) is 99.3 Å². The Hall–Kier alpha value is -3.67. The molecule has 2 N–H and O–H groups in total. The lowest BCUT2D eigenvalue weighted by atomic mass is 9.77. The van der Waals surface area contributed by atoms with Crippen molar-refractivity contribution in [3.63, 3.8) is 0 Å². The number of nitrogens with one attached hydrogen (secondary N) is 2. The molecule has 0 radical (unpaired) electrons. The van der Waals surface area contributed by atoms with E-state index in [4.69, 9.17) is 4.74 Å². The number of amides is 1. The Bertz CT molecular complexity index is 1200. The van der Waals surface area contributed by atoms with Crippen LogP contribution in [0.25, 0.3) is 0 Å². The highest BCUT2D eigenvalue weighted by Gasteiger charge is 2.53. The summed E-state index contributed by atoms with van der Waals surface area (Å²) in [6, 6.07) is 9.05. The number of H-pyrrole nitrogens is 1. The Balaban J connectivity index is 1.51. The highest BCUT2D eigenvalue weighted by atomic mass is 19.4. The summed E-state index contributed by atoms with van der Waals surface area (Å²) in [4.78, 5) is 26.4. The molecule has 2 aliphatic heterocycles. The van der Waals surface area contributed by atoms with Crippen LogP contribution in [-0.4, -0.2) is 63.9 Å². The van der Waals surface area contributed by atoms with Crippen LogP contribution in [0, 0.1) is 0 Å². The maximum Gasteiger partial charge on any atom is 0.405 e. The second-order valence-corrected chi connectivity index (χ2v) is 8.73. The summed E-state index contributed by atoms with van der Waals surface area (Å²) in [6.07, 6.45) is -0.682. The summed E-state index contributed by atoms with van der Waals surface area (Å²) >= 11 is 0. The van der Waals surface area contributed by atoms with E-state index in [1.165, 1.54) is 6.20 Å². The lowest BCUT2D eigenvalue weighted by Gasteiger charge is -2.40. The van der Waals surface area contributed by atoms with Gasteiger partial charge in [-0.1, -0.05) is 0 Å². The number of alkyl halides is 3. The maximum atomic E-state index is 14.0. The molecule has 1 fully saturated rings. The minimum absolute atomic E-state index is 0.139. The molecule has 5 rings (SSSR count). The number of anilines is 2. The van der Waals surface area contributed by atoms with E-state index < -0.39 is 18.1 Å². The van der Waals surface area contributed by atoms with Crippen molar-refractivity contribution in [3.05, 3.63) is 59.7 Å². The van der Waals surface area contributed by atoms with Crippen LogP contribution in [0.2, 0.25) is 0 Å². The Labute approximate surface area is 199 Å². The summed E-state index contributed by atoms with van der Waals surface area (Å²) in [6.45, 7) is 0.496. The number of hydrogen-bond donors (Lipinski definition) is 2. The van der Waals surface area contributed by atoms with Gasteiger partial charge >= 0.3 is 6.18 Å². The summed E-state index contributed by atoms with van der Waals surface area (Å²) in [7, 11) is 1.57. The standard InChI is InChI=1S/C23H24F3N7O2/c1-35-18-4-2-17(3-5-18)33-11-15-10-27-21(28-13-23(24,25)26)30-19(15)22(20(33)34)7-9-32(14-22)12-16-6-8-29-31-16/h2-6,8,10H,7,9,11-14H2,1H3,(H,29,31)(H,27,28,30). The summed E-state index contributed by atoms with van der Waals surface area (Å²) in [5, 5.41) is 9.23. The first-order chi connectivity index (χ1) is 16.8. The van der Waals surface area contributed by atoms with E-state index in [2.05, 4.69) is 30.4 Å². The van der Waals surface area contributed by atoms with Crippen LogP contribution < -0.4 is 15.0 Å². The molecule has 35 heavy (non-hydrogen) atoms. The van der Waals surface area contributed by atoms with Gasteiger partial charge in [0.2, 0.25) is 11.9 Å². The quantitative estimate of drug-likeness (QED) is 0.552. The zero-order valence-corrected chi connectivity index (χ0v) is 19.0. The Morgan fingerprint density at radius 3 is 2.71 bits per heavy atom. The molecule has 4 heterocycles. The summed E-state index contributed by atoms with van der Waals surface area (Å²) < 4.78 is 43.5. The Morgan fingerprint density at radius 1 is 1.23 bits per heavy atom. The number of likely N-dealkylation sites (tertiary alicyclic amines) is 1. The van der Waals surface area contributed by atoms with E-state index in [9.17, 15) is 18.0 Å². The van der Waals surface area contributed by atoms with Gasteiger partial charge in [-0.05, 0) is 36.8 Å². The first-order valence-corrected chi connectivity index (χ1v) is 11.1. The van der Waals surface area contributed by atoms with E-state index in [0.29, 0.717) is 48.7 Å². The van der Waals surface area contributed by atoms with Crippen molar-refractivity contribution in [2.45, 2.75) is 31.1 Å². The zero-order valence-electron chi connectivity index (χ0n) is 19.0. The minimum Gasteiger partial charge on any atom is -0.497 e. The van der Waals surface area contributed by atoms with Gasteiger partial charge in [-0.15, -0.1) is 0 Å². The molecule has 1 unspecified atom stereocenters. The fraction of sp³-hybridized carbons (Fsp3) is 0.391. The number of carbonyl (C=O) groups excluding carboxylic acids is 1. The number of methoxy groups -OCH3 is 1. The monoisotopic (exact) mass is 487 g/mol. The third-order valence-corrected chi connectivity index (χ3v) is 6.42. The van der Waals surface area contributed by atoms with E-state index >= 15 is 0 Å². The van der Waals surface area contributed by atoms with Gasteiger partial charge in [-0.25, -0.2) is 9.97 Å². The fourth-order valence-corrected chi connectivity index (χ4v) is 4.77. The van der Waals surface area contributed by atoms with Gasteiger partial charge in [0.25, 0.3) is 0 Å². The Kier molecular flexibility index (Phi) is 5.83. The second-order valence-electron chi connectivity index (χ2n) is 8.73. The molecule has 2 aromatic heterocycles. The first-order valence-electron chi connectivity index (χ1n) is 11.1. The summed E-state index contributed by atoms with van der Waals surface area (Å²) in [5.74, 6) is 0.389. The van der Waals surface area contributed by atoms with Gasteiger partial charge in [0.15, 0.2) is 0 Å². The predicted octanol–water partition coefficient (Wildman–Crippen LogP) is 2.87. The SMILES string of the molecule is COc1ccc(N2Cc3cnc(NCC(F)(F)F)nc3C3(CCN(Cc4cc[nH]n4)C3)C2=O)cc1. The first kappa shape index (κ1) is 23.1. The van der Waals surface area contributed by atoms with Gasteiger partial charge in [0, 0.05) is 43.3 Å². The molecule has 3 aromatic rings. The normalized spacial score (nSPS) is 20.3. The van der Waals surface area contributed by atoms with E-state index in [1.54, 1.807) is 30.3 Å². The van der Waals surface area contributed by atoms with E-state index in [-0.39, 0.29) is 18.4 Å². The second kappa shape index (κ2) is 8.84. The zero-order chi connectivity index (χ0) is 24.6. The highest BCUT2D eigenvalue weighted by molar-refractivity contribution is 6.03. The number of halogens is 3. The van der Waals surface area contributed by atoms with Crippen molar-refractivity contribution in [2.24, 2.45) is 0 Å². The number of fused-ring (bicyclic) bond motifs is 2. The number of nitrogens with zero attached hydrogens (tertiary/aromatic N) is 5. The molecule has 1 atom stereocenters. The average molecular weight is 487 g/mol. The van der Waals surface area contributed by atoms with Crippen LogP contribution >= 0.6 is 0 Å². The van der Waals surface area contributed by atoms with Crippen molar-refractivity contribution in [1.82, 2.24) is 25.1 Å². The van der Waals surface area contributed by atoms with Gasteiger partial charge in [0.05, 0.1) is 25.0 Å². The van der Waals surface area contributed by atoms with E-state index in [0.717, 1.165) is 5.69 Å².